The van der Waals surface area contributed by atoms with Crippen LogP contribution < -0.4 is 10.2 Å². The van der Waals surface area contributed by atoms with Crippen molar-refractivity contribution in [3.63, 3.8) is 0 Å². The molecule has 2 amide bonds. The quantitative estimate of drug-likeness (QED) is 0.331. The molecule has 0 saturated carbocycles. The number of aromatic nitrogens is 1. The van der Waals surface area contributed by atoms with E-state index in [1.807, 2.05) is 53.9 Å². The van der Waals surface area contributed by atoms with Crippen molar-refractivity contribution in [3.8, 4) is 11.1 Å². The van der Waals surface area contributed by atoms with Crippen LogP contribution in [0.3, 0.4) is 0 Å². The molecule has 162 valence electrons. The highest BCUT2D eigenvalue weighted by Crippen LogP contribution is 2.37. The number of fused-ring (bicyclic) bond motifs is 3. The van der Waals surface area contributed by atoms with E-state index in [1.165, 1.54) is 46.6 Å². The molecule has 1 aliphatic carbocycles. The zero-order chi connectivity index (χ0) is 22.8. The Hall–Kier alpha value is -4.03. The summed E-state index contributed by atoms with van der Waals surface area (Å²) in [5.74, 6) is -0.353. The van der Waals surface area contributed by atoms with E-state index in [9.17, 15) is 9.59 Å². The lowest BCUT2D eigenvalue weighted by Gasteiger charge is -2.17. The third kappa shape index (κ3) is 4.33. The number of carbonyl (C=O) groups excluding carboxylic acids is 2. The van der Waals surface area contributed by atoms with Crippen LogP contribution in [0.2, 0.25) is 0 Å². The van der Waals surface area contributed by atoms with Gasteiger partial charge in [0.15, 0.2) is 5.13 Å². The van der Waals surface area contributed by atoms with E-state index < -0.39 is 0 Å². The van der Waals surface area contributed by atoms with Gasteiger partial charge >= 0.3 is 0 Å². The van der Waals surface area contributed by atoms with Crippen LogP contribution in [0.15, 0.2) is 84.3 Å². The van der Waals surface area contributed by atoms with E-state index in [2.05, 4.69) is 34.6 Å². The fourth-order valence-electron chi connectivity index (χ4n) is 4.03. The van der Waals surface area contributed by atoms with Crippen molar-refractivity contribution in [1.82, 2.24) is 4.98 Å². The summed E-state index contributed by atoms with van der Waals surface area (Å²) >= 11 is 1.35. The van der Waals surface area contributed by atoms with E-state index in [0.29, 0.717) is 10.8 Å². The normalized spacial score (nSPS) is 11.8. The molecule has 0 saturated heterocycles. The maximum absolute atomic E-state index is 12.5. The van der Waals surface area contributed by atoms with Crippen LogP contribution >= 0.6 is 11.3 Å². The van der Waals surface area contributed by atoms with E-state index in [1.54, 1.807) is 11.0 Å². The Labute approximate surface area is 196 Å². The third-order valence-electron chi connectivity index (χ3n) is 5.50. The zero-order valence-electron chi connectivity index (χ0n) is 18.0. The number of hydrogen-bond donors (Lipinski definition) is 1. The molecule has 4 aromatic rings. The smallest absolute Gasteiger partial charge is 0.248 e. The molecule has 5 rings (SSSR count). The summed E-state index contributed by atoms with van der Waals surface area (Å²) in [7, 11) is 0. The first-order chi connectivity index (χ1) is 16.1. The van der Waals surface area contributed by atoms with Crippen molar-refractivity contribution >= 4 is 45.7 Å². The number of nitrogens with zero attached hydrogens (tertiary/aromatic N) is 2. The number of nitrogens with one attached hydrogen (secondary N) is 1. The average Bonchev–Trinajstić information content (AvgIpc) is 3.42. The van der Waals surface area contributed by atoms with Gasteiger partial charge < -0.3 is 5.32 Å². The molecular formula is C27H21N3O2S. The van der Waals surface area contributed by atoms with Gasteiger partial charge in [0.25, 0.3) is 0 Å². The number of para-hydroxylation sites is 1. The Balaban J connectivity index is 1.27. The van der Waals surface area contributed by atoms with Gasteiger partial charge in [0.2, 0.25) is 11.8 Å². The summed E-state index contributed by atoms with van der Waals surface area (Å²) in [6.45, 7) is 1.51. The largest absolute Gasteiger partial charge is 0.323 e. The Morgan fingerprint density at radius 2 is 1.73 bits per heavy atom. The summed E-state index contributed by atoms with van der Waals surface area (Å²) < 4.78 is 0. The van der Waals surface area contributed by atoms with Gasteiger partial charge in [0.1, 0.15) is 0 Å². The van der Waals surface area contributed by atoms with Crippen molar-refractivity contribution in [2.24, 2.45) is 0 Å². The molecule has 3 aromatic carbocycles. The van der Waals surface area contributed by atoms with Gasteiger partial charge in [-0.3, -0.25) is 14.5 Å². The fourth-order valence-corrected chi connectivity index (χ4v) is 4.88. The zero-order valence-corrected chi connectivity index (χ0v) is 18.8. The molecule has 0 aliphatic heterocycles. The number of anilines is 3. The maximum Gasteiger partial charge on any atom is 0.248 e. The van der Waals surface area contributed by atoms with Crippen molar-refractivity contribution < 1.29 is 9.59 Å². The Morgan fingerprint density at radius 1 is 0.970 bits per heavy atom. The SMILES string of the molecule is CC(=O)N(c1ccccc1)c1nc(/C=C/C(=O)Nc2ccc3c(c2)Cc2ccccc2-3)cs1. The van der Waals surface area contributed by atoms with Crippen LogP contribution in [0.1, 0.15) is 23.7 Å². The molecule has 1 aliphatic rings. The topological polar surface area (TPSA) is 62.3 Å². The first kappa shape index (κ1) is 20.8. The first-order valence-electron chi connectivity index (χ1n) is 10.6. The van der Waals surface area contributed by atoms with E-state index in [4.69, 9.17) is 0 Å². The molecule has 1 aromatic heterocycles. The molecule has 0 spiro atoms. The molecule has 1 N–H and O–H groups in total. The minimum absolute atomic E-state index is 0.123. The Morgan fingerprint density at radius 3 is 2.55 bits per heavy atom. The number of benzene rings is 3. The fraction of sp³-hybridized carbons (Fsp3) is 0.0741. The molecule has 1 heterocycles. The second-order valence-corrected chi connectivity index (χ2v) is 8.61. The maximum atomic E-state index is 12.5. The lowest BCUT2D eigenvalue weighted by atomic mass is 10.1. The minimum atomic E-state index is -0.230. The summed E-state index contributed by atoms with van der Waals surface area (Å²) in [6, 6.07) is 23.8. The van der Waals surface area contributed by atoms with Crippen molar-refractivity contribution in [2.75, 3.05) is 10.2 Å². The first-order valence-corrected chi connectivity index (χ1v) is 11.5. The average molecular weight is 452 g/mol. The van der Waals surface area contributed by atoms with E-state index in [0.717, 1.165) is 17.8 Å². The van der Waals surface area contributed by atoms with Crippen LogP contribution in [0.4, 0.5) is 16.5 Å². The molecule has 0 unspecified atom stereocenters. The van der Waals surface area contributed by atoms with Gasteiger partial charge in [-0.2, -0.15) is 0 Å². The number of amides is 2. The number of hydrogen-bond acceptors (Lipinski definition) is 4. The van der Waals surface area contributed by atoms with Gasteiger partial charge in [0, 0.05) is 24.1 Å². The molecule has 0 radical (unpaired) electrons. The van der Waals surface area contributed by atoms with Crippen molar-refractivity contribution in [3.05, 3.63) is 101 Å². The van der Waals surface area contributed by atoms with Crippen LogP contribution in [0.25, 0.3) is 17.2 Å². The molecule has 5 nitrogen and oxygen atoms in total. The molecule has 33 heavy (non-hydrogen) atoms. The number of rotatable bonds is 5. The van der Waals surface area contributed by atoms with Crippen LogP contribution in [-0.4, -0.2) is 16.8 Å². The Kier molecular flexibility index (Phi) is 5.59. The predicted molar refractivity (Wildman–Crippen MR) is 134 cm³/mol. The molecule has 6 heteroatoms. The van der Waals surface area contributed by atoms with Gasteiger partial charge in [-0.15, -0.1) is 11.3 Å². The Bertz CT molecular complexity index is 1380. The number of thiazole rings is 1. The summed E-state index contributed by atoms with van der Waals surface area (Å²) in [5.41, 5.74) is 7.16. The standard InChI is InChI=1S/C27H21N3O2S/c1-18(31)30(23-8-3-2-4-9-23)27-29-22(17-33-27)12-14-26(32)28-21-11-13-25-20(16-21)15-19-7-5-6-10-24(19)25/h2-14,16-17H,15H2,1H3,(H,28,32)/b14-12+. The predicted octanol–water partition coefficient (Wildman–Crippen LogP) is 6.05. The molecule has 0 fully saturated rings. The number of carbonyl (C=O) groups is 2. The van der Waals surface area contributed by atoms with Crippen LogP contribution in [0, 0.1) is 0 Å². The van der Waals surface area contributed by atoms with Gasteiger partial charge in [-0.25, -0.2) is 4.98 Å². The molecular weight excluding hydrogens is 430 g/mol. The third-order valence-corrected chi connectivity index (χ3v) is 6.34. The highest BCUT2D eigenvalue weighted by atomic mass is 32.1. The summed E-state index contributed by atoms with van der Waals surface area (Å²) in [4.78, 5) is 30.7. The van der Waals surface area contributed by atoms with Gasteiger partial charge in [-0.1, -0.05) is 48.5 Å². The van der Waals surface area contributed by atoms with E-state index >= 15 is 0 Å². The van der Waals surface area contributed by atoms with Crippen molar-refractivity contribution in [2.45, 2.75) is 13.3 Å². The minimum Gasteiger partial charge on any atom is -0.323 e. The van der Waals surface area contributed by atoms with Gasteiger partial charge in [0.05, 0.1) is 11.4 Å². The summed E-state index contributed by atoms with van der Waals surface area (Å²) in [5, 5.41) is 5.31. The molecule has 0 bridgehead atoms. The van der Waals surface area contributed by atoms with Crippen molar-refractivity contribution in [1.29, 1.82) is 0 Å². The van der Waals surface area contributed by atoms with E-state index in [-0.39, 0.29) is 11.8 Å². The molecule has 0 atom stereocenters. The van der Waals surface area contributed by atoms with Crippen LogP contribution in [0.5, 0.6) is 0 Å². The second-order valence-electron chi connectivity index (χ2n) is 7.77. The van der Waals surface area contributed by atoms with Crippen LogP contribution in [-0.2, 0) is 16.0 Å². The second kappa shape index (κ2) is 8.84. The highest BCUT2D eigenvalue weighted by molar-refractivity contribution is 7.14. The van der Waals surface area contributed by atoms with Gasteiger partial charge in [-0.05, 0) is 59.0 Å². The monoisotopic (exact) mass is 451 g/mol. The lowest BCUT2D eigenvalue weighted by Crippen LogP contribution is -2.22. The highest BCUT2D eigenvalue weighted by Gasteiger charge is 2.19. The lowest BCUT2D eigenvalue weighted by molar-refractivity contribution is -0.116. The summed E-state index contributed by atoms with van der Waals surface area (Å²) in [6.07, 6.45) is 3.99.